The van der Waals surface area contributed by atoms with Gasteiger partial charge in [-0.15, -0.1) is 17.9 Å². The van der Waals surface area contributed by atoms with Crippen LogP contribution in [0.5, 0.6) is 11.5 Å². The number of fused-ring (bicyclic) bond motifs is 1. The van der Waals surface area contributed by atoms with Crippen LogP contribution < -0.4 is 9.47 Å². The molecule has 2 aliphatic rings. The Morgan fingerprint density at radius 1 is 1.34 bits per heavy atom. The third-order valence-corrected chi connectivity index (χ3v) is 7.29. The first-order valence-electron chi connectivity index (χ1n) is 11.6. The van der Waals surface area contributed by atoms with E-state index in [1.165, 1.54) is 22.6 Å². The predicted molar refractivity (Wildman–Crippen MR) is 131 cm³/mol. The number of hydrogen-bond donors (Lipinski definition) is 0. The molecule has 5 nitrogen and oxygen atoms in total. The second-order valence-corrected chi connectivity index (χ2v) is 10.2. The summed E-state index contributed by atoms with van der Waals surface area (Å²) in [5.74, 6) is 2.27. The summed E-state index contributed by atoms with van der Waals surface area (Å²) in [7, 11) is 2.18. The lowest BCUT2D eigenvalue weighted by Crippen LogP contribution is -2.34. The topological polar surface area (TPSA) is 42.0 Å². The first-order chi connectivity index (χ1) is 15.5. The minimum absolute atomic E-state index is 0.145. The van der Waals surface area contributed by atoms with E-state index in [0.717, 1.165) is 35.7 Å². The van der Waals surface area contributed by atoms with Crippen molar-refractivity contribution in [1.82, 2.24) is 9.80 Å². The van der Waals surface area contributed by atoms with E-state index in [-0.39, 0.29) is 5.91 Å². The lowest BCUT2D eigenvalue weighted by molar-refractivity contribution is -0.131. The fourth-order valence-corrected chi connectivity index (χ4v) is 5.39. The van der Waals surface area contributed by atoms with Crippen LogP contribution in [0.4, 0.5) is 0 Å². The zero-order valence-corrected chi connectivity index (χ0v) is 20.1. The van der Waals surface area contributed by atoms with Gasteiger partial charge in [0.1, 0.15) is 6.61 Å². The Balaban J connectivity index is 1.61. The summed E-state index contributed by atoms with van der Waals surface area (Å²) in [4.78, 5) is 19.5. The van der Waals surface area contributed by atoms with Crippen LogP contribution in [0.3, 0.4) is 0 Å². The summed E-state index contributed by atoms with van der Waals surface area (Å²) < 4.78 is 12.6. The van der Waals surface area contributed by atoms with E-state index >= 15 is 0 Å². The van der Waals surface area contributed by atoms with Crippen molar-refractivity contribution in [3.63, 3.8) is 0 Å². The predicted octanol–water partition coefficient (Wildman–Crippen LogP) is 5.13. The van der Waals surface area contributed by atoms with Gasteiger partial charge in [0.05, 0.1) is 13.2 Å². The average molecular weight is 455 g/mol. The number of thiophene rings is 1. The Labute approximate surface area is 195 Å². The standard InChI is InChI=1S/C26H34N2O3S/c1-4-5-8-25(29)28-12-13-30-26-22(17-28)14-21(24-10-9-19(2)32-24)15-23(26)31-18-20-7-6-11-27(3)16-20/h4,9-10,14-15,20H,1,5-8,11-13,16-18H2,2-3H3. The number of carbonyl (C=O) groups is 1. The number of piperidine rings is 1. The van der Waals surface area contributed by atoms with Crippen LogP contribution in [-0.2, 0) is 11.3 Å². The number of hydrogen-bond acceptors (Lipinski definition) is 5. The third kappa shape index (κ3) is 5.54. The molecule has 0 bridgehead atoms. The highest BCUT2D eigenvalue weighted by Gasteiger charge is 2.25. The molecule has 4 rings (SSSR count). The molecule has 6 heteroatoms. The summed E-state index contributed by atoms with van der Waals surface area (Å²) in [5.41, 5.74) is 2.15. The van der Waals surface area contributed by atoms with E-state index < -0.39 is 0 Å². The largest absolute Gasteiger partial charge is 0.489 e. The summed E-state index contributed by atoms with van der Waals surface area (Å²) in [5, 5.41) is 0. The second-order valence-electron chi connectivity index (χ2n) is 8.95. The van der Waals surface area contributed by atoms with Gasteiger partial charge in [-0.25, -0.2) is 0 Å². The van der Waals surface area contributed by atoms with Crippen LogP contribution in [0.1, 0.15) is 36.1 Å². The number of benzene rings is 1. The monoisotopic (exact) mass is 454 g/mol. The van der Waals surface area contributed by atoms with Crippen molar-refractivity contribution in [3.05, 3.63) is 47.4 Å². The molecule has 1 aromatic carbocycles. The SMILES string of the molecule is C=CCCC(=O)N1CCOc2c(cc(-c3ccc(C)s3)cc2OCC2CCCN(C)C2)C1. The van der Waals surface area contributed by atoms with Crippen molar-refractivity contribution in [2.24, 2.45) is 5.92 Å². The number of likely N-dealkylation sites (tertiary alicyclic amines) is 1. The maximum absolute atomic E-state index is 12.7. The first kappa shape index (κ1) is 22.9. The van der Waals surface area contributed by atoms with Crippen LogP contribution in [-0.4, -0.2) is 55.6 Å². The molecule has 172 valence electrons. The van der Waals surface area contributed by atoms with Gasteiger partial charge in [0.15, 0.2) is 11.5 Å². The molecular weight excluding hydrogens is 420 g/mol. The van der Waals surface area contributed by atoms with Gasteiger partial charge in [0.2, 0.25) is 5.91 Å². The Kier molecular flexibility index (Phi) is 7.53. The average Bonchev–Trinajstić information content (AvgIpc) is 3.10. The number of amides is 1. The molecule has 32 heavy (non-hydrogen) atoms. The van der Waals surface area contributed by atoms with Gasteiger partial charge in [-0.2, -0.15) is 0 Å². The quantitative estimate of drug-likeness (QED) is 0.544. The lowest BCUT2D eigenvalue weighted by Gasteiger charge is -2.29. The first-order valence-corrected chi connectivity index (χ1v) is 12.4. The van der Waals surface area contributed by atoms with E-state index in [1.54, 1.807) is 17.4 Å². The van der Waals surface area contributed by atoms with Gasteiger partial charge < -0.3 is 19.3 Å². The molecular formula is C26H34N2O3S. The van der Waals surface area contributed by atoms with Crippen molar-refractivity contribution in [3.8, 4) is 21.9 Å². The van der Waals surface area contributed by atoms with E-state index in [1.807, 2.05) is 4.90 Å². The fraction of sp³-hybridized carbons (Fsp3) is 0.500. The van der Waals surface area contributed by atoms with E-state index in [0.29, 0.717) is 45.1 Å². The highest BCUT2D eigenvalue weighted by Crippen LogP contribution is 2.40. The Morgan fingerprint density at radius 2 is 2.22 bits per heavy atom. The zero-order chi connectivity index (χ0) is 22.5. The summed E-state index contributed by atoms with van der Waals surface area (Å²) in [6.07, 6.45) is 5.40. The van der Waals surface area contributed by atoms with Crippen LogP contribution in [0, 0.1) is 12.8 Å². The summed E-state index contributed by atoms with van der Waals surface area (Å²) >= 11 is 1.78. The normalized spacial score (nSPS) is 19.1. The van der Waals surface area contributed by atoms with Crippen LogP contribution >= 0.6 is 11.3 Å². The number of aryl methyl sites for hydroxylation is 1. The molecule has 2 aromatic rings. The van der Waals surface area contributed by atoms with E-state index in [2.05, 4.69) is 49.7 Å². The van der Waals surface area contributed by atoms with Crippen molar-refractivity contribution in [2.45, 2.75) is 39.2 Å². The third-order valence-electron chi connectivity index (χ3n) is 6.24. The van der Waals surface area contributed by atoms with Crippen molar-refractivity contribution in [1.29, 1.82) is 0 Å². The molecule has 1 saturated heterocycles. The molecule has 1 unspecified atom stereocenters. The molecule has 0 N–H and O–H groups in total. The number of rotatable bonds is 7. The number of allylic oxidation sites excluding steroid dienone is 1. The number of nitrogens with zero attached hydrogens (tertiary/aromatic N) is 2. The maximum Gasteiger partial charge on any atom is 0.223 e. The molecule has 0 spiro atoms. The minimum Gasteiger partial charge on any atom is -0.489 e. The Hall–Kier alpha value is -2.31. The summed E-state index contributed by atoms with van der Waals surface area (Å²) in [6.45, 7) is 10.4. The van der Waals surface area contributed by atoms with Gasteiger partial charge in [-0.3, -0.25) is 4.79 Å². The Bertz CT molecular complexity index is 955. The fourth-order valence-electron chi connectivity index (χ4n) is 4.54. The van der Waals surface area contributed by atoms with Crippen LogP contribution in [0.25, 0.3) is 10.4 Å². The van der Waals surface area contributed by atoms with Gasteiger partial charge in [0.25, 0.3) is 0 Å². The molecule has 1 aromatic heterocycles. The molecule has 1 atom stereocenters. The van der Waals surface area contributed by atoms with Gasteiger partial charge in [-0.05, 0) is 69.6 Å². The molecule has 1 amide bonds. The minimum atomic E-state index is 0.145. The molecule has 2 aliphatic heterocycles. The molecule has 3 heterocycles. The molecule has 0 aliphatic carbocycles. The van der Waals surface area contributed by atoms with Gasteiger partial charge in [0, 0.05) is 40.7 Å². The molecule has 1 fully saturated rings. The smallest absolute Gasteiger partial charge is 0.223 e. The van der Waals surface area contributed by atoms with Gasteiger partial charge in [-0.1, -0.05) is 6.08 Å². The Morgan fingerprint density at radius 3 is 2.97 bits per heavy atom. The second kappa shape index (κ2) is 10.5. The van der Waals surface area contributed by atoms with Crippen molar-refractivity contribution < 1.29 is 14.3 Å². The number of ether oxygens (including phenoxy) is 2. The molecule has 0 saturated carbocycles. The summed E-state index contributed by atoms with van der Waals surface area (Å²) in [6, 6.07) is 8.59. The maximum atomic E-state index is 12.7. The highest BCUT2D eigenvalue weighted by molar-refractivity contribution is 7.15. The van der Waals surface area contributed by atoms with Crippen molar-refractivity contribution in [2.75, 3.05) is 39.9 Å². The van der Waals surface area contributed by atoms with Crippen LogP contribution in [0.2, 0.25) is 0 Å². The number of carbonyl (C=O) groups excluding carboxylic acids is 1. The van der Waals surface area contributed by atoms with E-state index in [9.17, 15) is 4.79 Å². The zero-order valence-electron chi connectivity index (χ0n) is 19.3. The van der Waals surface area contributed by atoms with Gasteiger partial charge >= 0.3 is 0 Å². The van der Waals surface area contributed by atoms with Crippen LogP contribution in [0.15, 0.2) is 36.9 Å². The lowest BCUT2D eigenvalue weighted by atomic mass is 9.99. The molecule has 0 radical (unpaired) electrons. The van der Waals surface area contributed by atoms with E-state index in [4.69, 9.17) is 9.47 Å². The highest BCUT2D eigenvalue weighted by atomic mass is 32.1. The van der Waals surface area contributed by atoms with Crippen molar-refractivity contribution >= 4 is 17.2 Å².